The molecule has 0 aliphatic carbocycles. The van der Waals surface area contributed by atoms with Crippen LogP contribution in [0.2, 0.25) is 5.15 Å². The summed E-state index contributed by atoms with van der Waals surface area (Å²) in [6.45, 7) is 7.64. The molecule has 0 spiro atoms. The van der Waals surface area contributed by atoms with Crippen LogP contribution < -0.4 is 5.73 Å². The molecule has 0 amide bonds. The fourth-order valence-electron chi connectivity index (χ4n) is 2.27. The van der Waals surface area contributed by atoms with E-state index in [1.807, 2.05) is 30.5 Å². The molecular formula is C18H15ClN6. The topological polar surface area (TPSA) is 82.5 Å². The highest BCUT2D eigenvalue weighted by molar-refractivity contribution is 6.29. The molecule has 0 saturated carbocycles. The van der Waals surface area contributed by atoms with Crippen LogP contribution in [0.15, 0.2) is 37.3 Å². The van der Waals surface area contributed by atoms with Gasteiger partial charge in [-0.15, -0.1) is 0 Å². The van der Waals surface area contributed by atoms with Gasteiger partial charge in [0.05, 0.1) is 23.3 Å². The second-order valence-electron chi connectivity index (χ2n) is 5.36. The lowest BCUT2D eigenvalue weighted by Gasteiger charge is -2.09. The van der Waals surface area contributed by atoms with Gasteiger partial charge in [-0.1, -0.05) is 18.2 Å². The molecule has 0 radical (unpaired) electrons. The van der Waals surface area contributed by atoms with Crippen LogP contribution in [0.25, 0.3) is 11.4 Å². The second kappa shape index (κ2) is 6.75. The van der Waals surface area contributed by atoms with E-state index in [4.69, 9.17) is 17.3 Å². The average molecular weight is 351 g/mol. The van der Waals surface area contributed by atoms with E-state index < -0.39 is 0 Å². The van der Waals surface area contributed by atoms with Crippen molar-refractivity contribution in [2.24, 2.45) is 5.73 Å². The lowest BCUT2D eigenvalue weighted by molar-refractivity contribution is 0.959. The smallest absolute Gasteiger partial charge is 0.161 e. The quantitative estimate of drug-likeness (QED) is 0.567. The molecule has 0 saturated heterocycles. The number of hydrogen-bond donors (Lipinski definition) is 1. The van der Waals surface area contributed by atoms with Crippen molar-refractivity contribution in [3.63, 3.8) is 0 Å². The van der Waals surface area contributed by atoms with Crippen LogP contribution in [0.3, 0.4) is 0 Å². The van der Waals surface area contributed by atoms with Gasteiger partial charge < -0.3 is 5.73 Å². The summed E-state index contributed by atoms with van der Waals surface area (Å²) in [5, 5.41) is 0.336. The van der Waals surface area contributed by atoms with E-state index in [-0.39, 0.29) is 0 Å². The summed E-state index contributed by atoms with van der Waals surface area (Å²) in [6.07, 6.45) is 3.13. The molecule has 3 aromatic heterocycles. The third kappa shape index (κ3) is 3.52. The summed E-state index contributed by atoms with van der Waals surface area (Å²) < 4.78 is 1.88. The highest BCUT2D eigenvalue weighted by Crippen LogP contribution is 2.20. The van der Waals surface area contributed by atoms with Gasteiger partial charge in [0.15, 0.2) is 5.82 Å². The number of hydrogen-bond acceptors (Lipinski definition) is 5. The van der Waals surface area contributed by atoms with E-state index in [0.29, 0.717) is 28.1 Å². The molecule has 0 unspecified atom stereocenters. The van der Waals surface area contributed by atoms with Crippen molar-refractivity contribution >= 4 is 17.3 Å². The number of nitrogens with two attached hydrogens (primary N) is 1. The Kier molecular flexibility index (Phi) is 4.50. The van der Waals surface area contributed by atoms with Gasteiger partial charge in [-0.25, -0.2) is 15.0 Å². The Morgan fingerprint density at radius 3 is 2.64 bits per heavy atom. The van der Waals surface area contributed by atoms with E-state index in [1.165, 1.54) is 6.33 Å². The highest BCUT2D eigenvalue weighted by Gasteiger charge is 2.15. The molecule has 0 bridgehead atoms. The zero-order valence-electron chi connectivity index (χ0n) is 13.8. The number of rotatable bonds is 2. The molecule has 3 heterocycles. The van der Waals surface area contributed by atoms with Gasteiger partial charge in [0.25, 0.3) is 0 Å². The fourth-order valence-corrected chi connectivity index (χ4v) is 2.42. The highest BCUT2D eigenvalue weighted by atomic mass is 35.5. The third-order valence-electron chi connectivity index (χ3n) is 3.49. The van der Waals surface area contributed by atoms with E-state index in [0.717, 1.165) is 17.1 Å². The maximum atomic E-state index is 5.91. The van der Waals surface area contributed by atoms with Crippen LogP contribution in [-0.2, 0) is 0 Å². The lowest BCUT2D eigenvalue weighted by atomic mass is 10.3. The van der Waals surface area contributed by atoms with Gasteiger partial charge in [-0.05, 0) is 37.8 Å². The Hall–Kier alpha value is -3.17. The minimum Gasteiger partial charge on any atom is -0.396 e. The van der Waals surface area contributed by atoms with E-state index in [2.05, 4.69) is 38.4 Å². The number of pyridine rings is 1. The molecular weight excluding hydrogens is 336 g/mol. The van der Waals surface area contributed by atoms with Crippen molar-refractivity contribution < 1.29 is 0 Å². The molecule has 0 atom stereocenters. The van der Waals surface area contributed by atoms with Gasteiger partial charge in [0.1, 0.15) is 22.9 Å². The monoisotopic (exact) mass is 350 g/mol. The second-order valence-corrected chi connectivity index (χ2v) is 5.75. The third-order valence-corrected chi connectivity index (χ3v) is 3.70. The predicted molar refractivity (Wildman–Crippen MR) is 97.1 cm³/mol. The molecule has 0 fully saturated rings. The van der Waals surface area contributed by atoms with Gasteiger partial charge in [-0.3, -0.25) is 9.55 Å². The maximum Gasteiger partial charge on any atom is 0.161 e. The number of aromatic nitrogens is 5. The van der Waals surface area contributed by atoms with Crippen LogP contribution in [0.5, 0.6) is 0 Å². The molecule has 0 aliphatic heterocycles. The van der Waals surface area contributed by atoms with Crippen LogP contribution in [0.1, 0.15) is 28.6 Å². The molecule has 7 heteroatoms. The summed E-state index contributed by atoms with van der Waals surface area (Å²) in [7, 11) is 0. The summed E-state index contributed by atoms with van der Waals surface area (Å²) >= 11 is 5.85. The van der Waals surface area contributed by atoms with E-state index in [1.54, 1.807) is 12.3 Å². The van der Waals surface area contributed by atoms with Crippen LogP contribution >= 0.6 is 11.6 Å². The van der Waals surface area contributed by atoms with E-state index in [9.17, 15) is 0 Å². The molecule has 0 aliphatic rings. The summed E-state index contributed by atoms with van der Waals surface area (Å²) in [5.41, 5.74) is 9.95. The summed E-state index contributed by atoms with van der Waals surface area (Å²) in [4.78, 5) is 16.7. The van der Waals surface area contributed by atoms with Gasteiger partial charge >= 0.3 is 0 Å². The first kappa shape index (κ1) is 16.7. The Morgan fingerprint density at radius 1 is 1.20 bits per heavy atom. The van der Waals surface area contributed by atoms with Crippen LogP contribution in [0, 0.1) is 25.7 Å². The van der Waals surface area contributed by atoms with Crippen molar-refractivity contribution in [2.75, 3.05) is 0 Å². The van der Waals surface area contributed by atoms with Crippen LogP contribution in [-0.4, -0.2) is 24.5 Å². The number of nitrogens with zero attached hydrogens (tertiary/aromatic N) is 5. The zero-order valence-corrected chi connectivity index (χ0v) is 14.5. The summed E-state index contributed by atoms with van der Waals surface area (Å²) in [5.74, 6) is 6.48. The number of imidazole rings is 1. The standard InChI is InChI=1S/C18H15ClN6/c1-11-4-6-15(9-21-11)25-13(3)16(24-18(25)12(2)20)7-5-14-8-17(19)23-10-22-14/h4,6,8-10H,2,20H2,1,3H3. The molecule has 3 rings (SSSR count). The van der Waals surface area contributed by atoms with Gasteiger partial charge in [-0.2, -0.15) is 0 Å². The molecule has 6 nitrogen and oxygen atoms in total. The zero-order chi connectivity index (χ0) is 18.0. The lowest BCUT2D eigenvalue weighted by Crippen LogP contribution is -2.06. The normalized spacial score (nSPS) is 10.2. The maximum absolute atomic E-state index is 5.91. The van der Waals surface area contributed by atoms with Gasteiger partial charge in [0.2, 0.25) is 0 Å². The summed E-state index contributed by atoms with van der Waals surface area (Å²) in [6, 6.07) is 5.46. The van der Waals surface area contributed by atoms with E-state index >= 15 is 0 Å². The SMILES string of the molecule is C=C(N)c1nc(C#Cc2cc(Cl)ncn2)c(C)n1-c1ccc(C)nc1. The molecule has 2 N–H and O–H groups in total. The van der Waals surface area contributed by atoms with Crippen molar-refractivity contribution in [3.8, 4) is 17.5 Å². The van der Waals surface area contributed by atoms with Crippen molar-refractivity contribution in [1.82, 2.24) is 24.5 Å². The molecule has 3 aromatic rings. The largest absolute Gasteiger partial charge is 0.396 e. The Bertz CT molecular complexity index is 1010. The first-order valence-corrected chi connectivity index (χ1v) is 7.80. The average Bonchev–Trinajstić information content (AvgIpc) is 2.91. The Labute approximate surface area is 150 Å². The Morgan fingerprint density at radius 2 is 2.00 bits per heavy atom. The minimum absolute atomic E-state index is 0.336. The van der Waals surface area contributed by atoms with Crippen molar-refractivity contribution in [2.45, 2.75) is 13.8 Å². The van der Waals surface area contributed by atoms with Crippen LogP contribution in [0.4, 0.5) is 0 Å². The Balaban J connectivity index is 2.10. The first-order chi connectivity index (χ1) is 12.0. The first-order valence-electron chi connectivity index (χ1n) is 7.42. The van der Waals surface area contributed by atoms with Gasteiger partial charge in [0, 0.05) is 11.8 Å². The predicted octanol–water partition coefficient (Wildman–Crippen LogP) is 2.66. The number of halogens is 1. The molecule has 25 heavy (non-hydrogen) atoms. The number of aryl methyl sites for hydroxylation is 1. The fraction of sp³-hybridized carbons (Fsp3) is 0.111. The molecule has 124 valence electrons. The van der Waals surface area contributed by atoms with Crippen molar-refractivity contribution in [3.05, 3.63) is 71.1 Å². The minimum atomic E-state index is 0.336. The van der Waals surface area contributed by atoms with Crippen molar-refractivity contribution in [1.29, 1.82) is 0 Å². The molecule has 0 aromatic carbocycles.